The van der Waals surface area contributed by atoms with Crippen LogP contribution in [0, 0.1) is 0 Å². The molecule has 0 unspecified atom stereocenters. The second kappa shape index (κ2) is 10.9. The predicted molar refractivity (Wildman–Crippen MR) is 235 cm³/mol. The van der Waals surface area contributed by atoms with E-state index >= 15 is 0 Å². The average Bonchev–Trinajstić information content (AvgIpc) is 4.01. The minimum atomic E-state index is 0.567. The van der Waals surface area contributed by atoms with Crippen LogP contribution in [-0.2, 0) is 0 Å². The van der Waals surface area contributed by atoms with Crippen molar-refractivity contribution < 1.29 is 8.83 Å². The molecule has 6 nitrogen and oxygen atoms in total. The van der Waals surface area contributed by atoms with E-state index in [2.05, 4.69) is 143 Å². The van der Waals surface area contributed by atoms with Crippen molar-refractivity contribution in [2.24, 2.45) is 0 Å². The summed E-state index contributed by atoms with van der Waals surface area (Å²) in [6.07, 6.45) is 0. The first-order chi connectivity index (χ1) is 28.8. The Bertz CT molecular complexity index is 3930. The van der Waals surface area contributed by atoms with E-state index in [4.69, 9.17) is 18.8 Å². The van der Waals surface area contributed by atoms with E-state index < -0.39 is 0 Å². The van der Waals surface area contributed by atoms with Gasteiger partial charge in [0.25, 0.3) is 0 Å². The molecule has 0 amide bonds. The molecule has 1 aliphatic heterocycles. The van der Waals surface area contributed by atoms with Crippen molar-refractivity contribution in [3.05, 3.63) is 170 Å². The molecular weight excluding hydrogens is 713 g/mol. The van der Waals surface area contributed by atoms with E-state index in [0.29, 0.717) is 17.2 Å². The molecule has 0 saturated carbocycles. The molecule has 5 aromatic heterocycles. The lowest BCUT2D eigenvalue weighted by molar-refractivity contribution is 0.662. The van der Waals surface area contributed by atoms with Gasteiger partial charge in [-0.15, -0.1) is 0 Å². The van der Waals surface area contributed by atoms with Crippen LogP contribution in [0.15, 0.2) is 179 Å². The molecule has 0 aliphatic carbocycles. The Hall–Kier alpha value is -7.96. The molecule has 0 N–H and O–H groups in total. The summed E-state index contributed by atoms with van der Waals surface area (Å²) in [4.78, 5) is 10.9. The molecule has 0 saturated heterocycles. The summed E-state index contributed by atoms with van der Waals surface area (Å²) in [6.45, 7) is 0. The van der Waals surface area contributed by atoms with Crippen LogP contribution in [0.5, 0.6) is 0 Å². The van der Waals surface area contributed by atoms with Gasteiger partial charge in [-0.2, -0.15) is 0 Å². The van der Waals surface area contributed by atoms with Gasteiger partial charge in [-0.3, -0.25) is 4.57 Å². The first-order valence-corrected chi connectivity index (χ1v) is 19.6. The highest BCUT2D eigenvalue weighted by atomic mass is 16.3. The van der Waals surface area contributed by atoms with Gasteiger partial charge < -0.3 is 13.4 Å². The lowest BCUT2D eigenvalue weighted by atomic mass is 9.94. The smallest absolute Gasteiger partial charge is 0.236 e. The van der Waals surface area contributed by atoms with Crippen LogP contribution in [0.4, 0.5) is 0 Å². The predicted octanol–water partition coefficient (Wildman–Crippen LogP) is 13.8. The van der Waals surface area contributed by atoms with E-state index in [1.165, 1.54) is 44.2 Å². The monoisotopic (exact) mass is 740 g/mol. The zero-order valence-corrected chi connectivity index (χ0v) is 30.8. The molecular formula is C52H28N4O2. The molecule has 6 heterocycles. The van der Waals surface area contributed by atoms with Crippen molar-refractivity contribution in [1.82, 2.24) is 19.1 Å². The van der Waals surface area contributed by atoms with Crippen LogP contribution in [0.2, 0.25) is 0 Å². The summed E-state index contributed by atoms with van der Waals surface area (Å²) < 4.78 is 17.9. The summed E-state index contributed by atoms with van der Waals surface area (Å²) >= 11 is 0. The largest absolute Gasteiger partial charge is 0.455 e. The third-order valence-corrected chi connectivity index (χ3v) is 12.3. The minimum Gasteiger partial charge on any atom is -0.455 e. The number of nitrogens with zero attached hydrogens (tertiary/aromatic N) is 4. The highest BCUT2D eigenvalue weighted by Crippen LogP contribution is 2.48. The normalized spacial score (nSPS) is 12.5. The molecule has 14 rings (SSSR count). The van der Waals surface area contributed by atoms with Gasteiger partial charge >= 0.3 is 0 Å². The molecule has 8 aromatic carbocycles. The molecule has 0 radical (unpaired) electrons. The van der Waals surface area contributed by atoms with Gasteiger partial charge in [0.05, 0.1) is 27.8 Å². The van der Waals surface area contributed by atoms with Crippen LogP contribution in [0.3, 0.4) is 0 Å². The number of benzene rings is 8. The fraction of sp³-hybridized carbons (Fsp3) is 0. The van der Waals surface area contributed by atoms with Gasteiger partial charge in [0.2, 0.25) is 5.95 Å². The number of rotatable bonds is 2. The molecule has 268 valence electrons. The Morgan fingerprint density at radius 3 is 1.78 bits per heavy atom. The van der Waals surface area contributed by atoms with Crippen molar-refractivity contribution in [3.8, 4) is 45.1 Å². The van der Waals surface area contributed by atoms with Gasteiger partial charge in [0.15, 0.2) is 5.58 Å². The van der Waals surface area contributed by atoms with Crippen molar-refractivity contribution in [2.75, 3.05) is 0 Å². The molecule has 13 aromatic rings. The first kappa shape index (κ1) is 30.3. The lowest BCUT2D eigenvalue weighted by Crippen LogP contribution is -2.03. The second-order valence-corrected chi connectivity index (χ2v) is 15.3. The van der Waals surface area contributed by atoms with Gasteiger partial charge in [-0.1, -0.05) is 121 Å². The summed E-state index contributed by atoms with van der Waals surface area (Å²) in [6, 6.07) is 60.1. The maximum Gasteiger partial charge on any atom is 0.236 e. The number of furan rings is 2. The topological polar surface area (TPSA) is 61.9 Å². The number of hydrogen-bond donors (Lipinski definition) is 0. The minimum absolute atomic E-state index is 0.567. The Morgan fingerprint density at radius 2 is 0.931 bits per heavy atom. The van der Waals surface area contributed by atoms with Crippen molar-refractivity contribution in [3.63, 3.8) is 0 Å². The van der Waals surface area contributed by atoms with E-state index in [1.807, 2.05) is 36.4 Å². The zero-order valence-electron chi connectivity index (χ0n) is 30.8. The Labute approximate surface area is 329 Å². The fourth-order valence-corrected chi connectivity index (χ4v) is 9.85. The van der Waals surface area contributed by atoms with E-state index in [9.17, 15) is 0 Å². The van der Waals surface area contributed by atoms with Gasteiger partial charge in [-0.05, 0) is 59.7 Å². The van der Waals surface area contributed by atoms with E-state index in [-0.39, 0.29) is 0 Å². The second-order valence-electron chi connectivity index (χ2n) is 15.3. The van der Waals surface area contributed by atoms with Crippen LogP contribution < -0.4 is 0 Å². The molecule has 0 bridgehead atoms. The Morgan fingerprint density at radius 1 is 0.362 bits per heavy atom. The summed E-state index contributed by atoms with van der Waals surface area (Å²) in [5.74, 6) is 0.567. The van der Waals surface area contributed by atoms with Crippen LogP contribution in [0.25, 0.3) is 133 Å². The summed E-state index contributed by atoms with van der Waals surface area (Å²) in [5.41, 5.74) is 15.8. The molecule has 1 aliphatic rings. The molecule has 58 heavy (non-hydrogen) atoms. The standard InChI is InChI=1S/C52H28N4O2/c1-2-14-30-29(13-1)31-15-3-7-23-41(31)55-43-27-39-32-16-4-8-24-42(32)56(44(39)28-40(43)35-20-11-19-34(30)49(35)55)52-53-47-37-18-6-10-26-46(37)58-51(47)48(54-52)38-22-12-21-36-33-17-5-9-25-45(33)57-50(36)38/h1-28H. The quantitative estimate of drug-likeness (QED) is 0.177. The Kier molecular flexibility index (Phi) is 5.68. The maximum absolute atomic E-state index is 6.63. The average molecular weight is 741 g/mol. The highest BCUT2D eigenvalue weighted by Gasteiger charge is 2.27. The molecule has 0 atom stereocenters. The first-order valence-electron chi connectivity index (χ1n) is 19.6. The van der Waals surface area contributed by atoms with Crippen LogP contribution in [0.1, 0.15) is 0 Å². The number of para-hydroxylation sites is 6. The van der Waals surface area contributed by atoms with Crippen molar-refractivity contribution in [2.45, 2.75) is 0 Å². The summed E-state index contributed by atoms with van der Waals surface area (Å²) in [7, 11) is 0. The molecule has 0 fully saturated rings. The van der Waals surface area contributed by atoms with Gasteiger partial charge in [0, 0.05) is 54.4 Å². The van der Waals surface area contributed by atoms with Crippen molar-refractivity contribution >= 4 is 87.6 Å². The molecule has 0 spiro atoms. The van der Waals surface area contributed by atoms with Gasteiger partial charge in [-0.25, -0.2) is 9.97 Å². The number of fused-ring (bicyclic) bond motifs is 17. The van der Waals surface area contributed by atoms with Crippen molar-refractivity contribution in [1.29, 1.82) is 0 Å². The SMILES string of the molecule is c1ccc2c(c1)-c1ccccc1-n1c3cc4c5ccccc5n(-c5nc(-c6cccc7c6oc6ccccc67)c6oc7ccccc7c6n5)c4cc3c3cccc-2c31. The lowest BCUT2D eigenvalue weighted by Gasteiger charge is -2.12. The Balaban J connectivity index is 1.12. The fourth-order valence-electron chi connectivity index (χ4n) is 9.85. The molecule has 6 heteroatoms. The van der Waals surface area contributed by atoms with Crippen LogP contribution in [-0.4, -0.2) is 19.1 Å². The zero-order chi connectivity index (χ0) is 37.6. The van der Waals surface area contributed by atoms with Crippen LogP contribution >= 0.6 is 0 Å². The third kappa shape index (κ3) is 3.81. The third-order valence-electron chi connectivity index (χ3n) is 12.3. The van der Waals surface area contributed by atoms with E-state index in [0.717, 1.165) is 71.3 Å². The van der Waals surface area contributed by atoms with Gasteiger partial charge in [0.1, 0.15) is 28.0 Å². The number of hydrogen-bond acceptors (Lipinski definition) is 4. The number of aromatic nitrogens is 4. The summed E-state index contributed by atoms with van der Waals surface area (Å²) in [5, 5.41) is 7.66. The van der Waals surface area contributed by atoms with E-state index in [1.54, 1.807) is 0 Å². The highest BCUT2D eigenvalue weighted by molar-refractivity contribution is 6.22. The maximum atomic E-state index is 6.63.